The molecule has 9 heteroatoms. The summed E-state index contributed by atoms with van der Waals surface area (Å²) in [7, 11) is 0. The number of fused-ring (bicyclic) bond motifs is 1. The van der Waals surface area contributed by atoms with Gasteiger partial charge in [0.05, 0.1) is 10.9 Å². The number of nitrogens with one attached hydrogen (secondary N) is 1. The first kappa shape index (κ1) is 20.2. The zero-order chi connectivity index (χ0) is 20.8. The van der Waals surface area contributed by atoms with Crippen molar-refractivity contribution in [3.63, 3.8) is 0 Å². The molecule has 148 valence electrons. The van der Waals surface area contributed by atoms with Crippen molar-refractivity contribution in [1.82, 2.24) is 9.78 Å². The standard InChI is InChI=1S/C20H18N4O4S/c1-2-3-9-24-19(26)15-7-5-4-6-14(15)17(23-24)20(27)28-12-16(25)22-18-13(11-21)8-10-29-18/h4-8,10H,2-3,9,12H2,1H3,(H,22,25). The van der Waals surface area contributed by atoms with Gasteiger partial charge in [0.25, 0.3) is 11.5 Å². The minimum atomic E-state index is -0.798. The van der Waals surface area contributed by atoms with E-state index in [0.717, 1.165) is 12.8 Å². The largest absolute Gasteiger partial charge is 0.451 e. The Morgan fingerprint density at radius 1 is 1.28 bits per heavy atom. The summed E-state index contributed by atoms with van der Waals surface area (Å²) in [6.45, 7) is 1.84. The maximum Gasteiger partial charge on any atom is 0.359 e. The van der Waals surface area contributed by atoms with E-state index in [2.05, 4.69) is 10.4 Å². The number of anilines is 1. The zero-order valence-electron chi connectivity index (χ0n) is 15.7. The Bertz CT molecular complexity index is 1160. The molecule has 0 spiro atoms. The highest BCUT2D eigenvalue weighted by molar-refractivity contribution is 7.14. The zero-order valence-corrected chi connectivity index (χ0v) is 16.5. The second-order valence-electron chi connectivity index (χ2n) is 6.18. The SMILES string of the molecule is CCCCn1nc(C(=O)OCC(=O)Nc2sccc2C#N)c2ccccc2c1=O. The molecule has 0 saturated heterocycles. The molecule has 1 N–H and O–H groups in total. The number of unbranched alkanes of at least 4 members (excludes halogenated alkanes) is 1. The molecule has 2 aromatic heterocycles. The summed E-state index contributed by atoms with van der Waals surface area (Å²) < 4.78 is 6.37. The van der Waals surface area contributed by atoms with E-state index < -0.39 is 18.5 Å². The van der Waals surface area contributed by atoms with Crippen LogP contribution >= 0.6 is 11.3 Å². The minimum absolute atomic E-state index is 0.0158. The van der Waals surface area contributed by atoms with Gasteiger partial charge in [0.15, 0.2) is 12.3 Å². The number of nitrogens with zero attached hydrogens (tertiary/aromatic N) is 3. The number of amides is 1. The molecule has 0 aliphatic rings. The van der Waals surface area contributed by atoms with Gasteiger partial charge in [-0.15, -0.1) is 11.3 Å². The smallest absolute Gasteiger partial charge is 0.359 e. The lowest BCUT2D eigenvalue weighted by Gasteiger charge is -2.10. The van der Waals surface area contributed by atoms with E-state index in [9.17, 15) is 14.4 Å². The molecular weight excluding hydrogens is 392 g/mol. The summed E-state index contributed by atoms with van der Waals surface area (Å²) in [4.78, 5) is 37.2. The first-order valence-corrected chi connectivity index (χ1v) is 9.87. The first-order valence-electron chi connectivity index (χ1n) is 8.99. The Balaban J connectivity index is 1.79. The fourth-order valence-corrected chi connectivity index (χ4v) is 3.46. The highest BCUT2D eigenvalue weighted by atomic mass is 32.1. The third kappa shape index (κ3) is 4.50. The molecular formula is C20H18N4O4S. The van der Waals surface area contributed by atoms with E-state index in [1.807, 2.05) is 13.0 Å². The van der Waals surface area contributed by atoms with Crippen molar-refractivity contribution in [3.05, 3.63) is 57.3 Å². The van der Waals surface area contributed by atoms with Crippen molar-refractivity contribution in [1.29, 1.82) is 5.26 Å². The van der Waals surface area contributed by atoms with Gasteiger partial charge in [-0.2, -0.15) is 10.4 Å². The molecule has 3 aromatic rings. The van der Waals surface area contributed by atoms with Crippen molar-refractivity contribution in [2.45, 2.75) is 26.3 Å². The average Bonchev–Trinajstić information content (AvgIpc) is 3.18. The van der Waals surface area contributed by atoms with E-state index >= 15 is 0 Å². The number of carbonyl (C=O) groups excluding carboxylic acids is 2. The minimum Gasteiger partial charge on any atom is -0.451 e. The third-order valence-electron chi connectivity index (χ3n) is 4.16. The molecule has 0 aliphatic heterocycles. The van der Waals surface area contributed by atoms with Crippen molar-refractivity contribution in [2.75, 3.05) is 11.9 Å². The first-order chi connectivity index (χ1) is 14.0. The molecule has 2 heterocycles. The predicted octanol–water partition coefficient (Wildman–Crippen LogP) is 2.93. The van der Waals surface area contributed by atoms with Gasteiger partial charge in [0, 0.05) is 11.9 Å². The number of nitriles is 1. The number of aromatic nitrogens is 2. The molecule has 8 nitrogen and oxygen atoms in total. The number of hydrogen-bond acceptors (Lipinski definition) is 7. The van der Waals surface area contributed by atoms with Gasteiger partial charge in [-0.05, 0) is 23.9 Å². The van der Waals surface area contributed by atoms with Crippen LogP contribution in [-0.4, -0.2) is 28.3 Å². The van der Waals surface area contributed by atoms with Crippen LogP contribution < -0.4 is 10.9 Å². The van der Waals surface area contributed by atoms with Gasteiger partial charge >= 0.3 is 5.97 Å². The number of aryl methyl sites for hydroxylation is 1. The number of benzene rings is 1. The van der Waals surface area contributed by atoms with Gasteiger partial charge in [0.2, 0.25) is 0 Å². The fourth-order valence-electron chi connectivity index (χ4n) is 2.70. The summed E-state index contributed by atoms with van der Waals surface area (Å²) >= 11 is 1.20. The lowest BCUT2D eigenvalue weighted by atomic mass is 10.1. The van der Waals surface area contributed by atoms with Crippen molar-refractivity contribution >= 4 is 39.0 Å². The van der Waals surface area contributed by atoms with Crippen LogP contribution in [0.3, 0.4) is 0 Å². The molecule has 29 heavy (non-hydrogen) atoms. The van der Waals surface area contributed by atoms with Crippen LogP contribution in [-0.2, 0) is 16.1 Å². The molecule has 0 bridgehead atoms. The number of hydrogen-bond donors (Lipinski definition) is 1. The summed E-state index contributed by atoms with van der Waals surface area (Å²) in [5.74, 6) is -1.37. The Hall–Kier alpha value is -3.51. The Kier molecular flexibility index (Phi) is 6.36. The van der Waals surface area contributed by atoms with Gasteiger partial charge in [-0.1, -0.05) is 31.5 Å². The molecule has 1 aromatic carbocycles. The Morgan fingerprint density at radius 3 is 2.76 bits per heavy atom. The quantitative estimate of drug-likeness (QED) is 0.599. The van der Waals surface area contributed by atoms with Crippen LogP contribution in [0.25, 0.3) is 10.8 Å². The lowest BCUT2D eigenvalue weighted by molar-refractivity contribution is -0.119. The van der Waals surface area contributed by atoms with Crippen LogP contribution in [0, 0.1) is 11.3 Å². The van der Waals surface area contributed by atoms with E-state index in [1.165, 1.54) is 16.0 Å². The molecule has 0 atom stereocenters. The summed E-state index contributed by atoms with van der Waals surface area (Å²) in [6, 6.07) is 10.2. The summed E-state index contributed by atoms with van der Waals surface area (Å²) in [6.07, 6.45) is 1.61. The average molecular weight is 410 g/mol. The molecule has 0 fully saturated rings. The van der Waals surface area contributed by atoms with Gasteiger partial charge < -0.3 is 10.1 Å². The molecule has 0 unspecified atom stereocenters. The molecule has 1 amide bonds. The second kappa shape index (κ2) is 9.12. The highest BCUT2D eigenvalue weighted by Crippen LogP contribution is 2.22. The van der Waals surface area contributed by atoms with E-state index in [1.54, 1.807) is 35.7 Å². The van der Waals surface area contributed by atoms with Crippen molar-refractivity contribution < 1.29 is 14.3 Å². The molecule has 0 saturated carbocycles. The van der Waals surface area contributed by atoms with E-state index in [-0.39, 0.29) is 11.3 Å². The van der Waals surface area contributed by atoms with Crippen LogP contribution in [0.1, 0.15) is 35.8 Å². The third-order valence-corrected chi connectivity index (χ3v) is 4.99. The van der Waals surface area contributed by atoms with Gasteiger partial charge in [-0.3, -0.25) is 9.59 Å². The number of thiophene rings is 1. The Morgan fingerprint density at radius 2 is 2.03 bits per heavy atom. The second-order valence-corrected chi connectivity index (χ2v) is 7.09. The molecule has 0 aliphatic carbocycles. The van der Waals surface area contributed by atoms with Crippen LogP contribution in [0.4, 0.5) is 5.00 Å². The topological polar surface area (TPSA) is 114 Å². The maximum absolute atomic E-state index is 12.6. The summed E-state index contributed by atoms with van der Waals surface area (Å²) in [5.41, 5.74) is 0.0494. The number of carbonyl (C=O) groups is 2. The summed E-state index contributed by atoms with van der Waals surface area (Å²) in [5, 5.41) is 18.5. The van der Waals surface area contributed by atoms with Crippen LogP contribution in [0.15, 0.2) is 40.5 Å². The number of ether oxygens (including phenoxy) is 1. The van der Waals surface area contributed by atoms with Gasteiger partial charge in [0.1, 0.15) is 11.1 Å². The number of rotatable bonds is 7. The lowest BCUT2D eigenvalue weighted by Crippen LogP contribution is -2.27. The monoisotopic (exact) mass is 410 g/mol. The number of esters is 1. The fraction of sp³-hybridized carbons (Fsp3) is 0.250. The normalized spacial score (nSPS) is 10.5. The van der Waals surface area contributed by atoms with E-state index in [0.29, 0.717) is 27.9 Å². The highest BCUT2D eigenvalue weighted by Gasteiger charge is 2.19. The Labute approximate surface area is 170 Å². The van der Waals surface area contributed by atoms with E-state index in [4.69, 9.17) is 10.00 Å². The van der Waals surface area contributed by atoms with Crippen LogP contribution in [0.5, 0.6) is 0 Å². The van der Waals surface area contributed by atoms with Crippen molar-refractivity contribution in [2.24, 2.45) is 0 Å². The molecule has 0 radical (unpaired) electrons. The predicted molar refractivity (Wildman–Crippen MR) is 109 cm³/mol. The maximum atomic E-state index is 12.6. The van der Waals surface area contributed by atoms with Crippen LogP contribution in [0.2, 0.25) is 0 Å². The molecule has 3 rings (SSSR count). The van der Waals surface area contributed by atoms with Gasteiger partial charge in [-0.25, -0.2) is 9.48 Å². The van der Waals surface area contributed by atoms with Crippen molar-refractivity contribution in [3.8, 4) is 6.07 Å².